The number of hydrazine groups is 1. The Balaban J connectivity index is 2.58. The lowest BCUT2D eigenvalue weighted by Crippen LogP contribution is -2.27. The number of rotatable bonds is 6. The van der Waals surface area contributed by atoms with Crippen LogP contribution in [0.15, 0.2) is 12.1 Å². The van der Waals surface area contributed by atoms with Gasteiger partial charge in [0.1, 0.15) is 21.3 Å². The first kappa shape index (κ1) is 15.7. The van der Waals surface area contributed by atoms with Crippen molar-refractivity contribution in [3.8, 4) is 0 Å². The standard InChI is InChI=1S/C10H15ClN4O3S/c1-19(17,18)6-2-5-13-10(16)9-7(11)3-4-8(14-9)15-12/h3-4H,2,5-6,12H2,1H3,(H,13,16)(H,14,15). The zero-order valence-corrected chi connectivity index (χ0v) is 11.9. The van der Waals surface area contributed by atoms with Gasteiger partial charge in [-0.15, -0.1) is 0 Å². The molecule has 0 atom stereocenters. The number of nitrogens with zero attached hydrogens (tertiary/aromatic N) is 1. The van der Waals surface area contributed by atoms with E-state index in [1.165, 1.54) is 12.1 Å². The van der Waals surface area contributed by atoms with Crippen LogP contribution in [-0.2, 0) is 9.84 Å². The summed E-state index contributed by atoms with van der Waals surface area (Å²) in [5, 5.41) is 2.74. The summed E-state index contributed by atoms with van der Waals surface area (Å²) in [6, 6.07) is 3.03. The smallest absolute Gasteiger partial charge is 0.271 e. The van der Waals surface area contributed by atoms with Crippen molar-refractivity contribution in [2.24, 2.45) is 5.84 Å². The lowest BCUT2D eigenvalue weighted by molar-refractivity contribution is 0.0949. The Kier molecular flexibility index (Phi) is 5.52. The number of nitrogen functional groups attached to an aromatic ring is 1. The van der Waals surface area contributed by atoms with Gasteiger partial charge < -0.3 is 10.7 Å². The molecule has 1 rings (SSSR count). The van der Waals surface area contributed by atoms with Gasteiger partial charge in [-0.3, -0.25) is 4.79 Å². The molecule has 1 amide bonds. The maximum absolute atomic E-state index is 11.8. The summed E-state index contributed by atoms with van der Waals surface area (Å²) in [5.41, 5.74) is 2.35. The van der Waals surface area contributed by atoms with E-state index in [1.54, 1.807) is 0 Å². The van der Waals surface area contributed by atoms with E-state index in [1.807, 2.05) is 0 Å². The third-order valence-corrected chi connectivity index (χ3v) is 3.52. The second-order valence-corrected chi connectivity index (χ2v) is 6.58. The second-order valence-electron chi connectivity index (χ2n) is 3.91. The molecule has 1 aromatic heterocycles. The minimum atomic E-state index is -3.03. The molecule has 0 fully saturated rings. The molecule has 0 aliphatic carbocycles. The molecule has 9 heteroatoms. The third-order valence-electron chi connectivity index (χ3n) is 2.19. The Morgan fingerprint density at radius 3 is 2.74 bits per heavy atom. The summed E-state index contributed by atoms with van der Waals surface area (Å²) in [6.07, 6.45) is 1.47. The number of aromatic nitrogens is 1. The van der Waals surface area contributed by atoms with Crippen molar-refractivity contribution in [2.45, 2.75) is 6.42 Å². The Bertz CT molecular complexity index is 562. The molecule has 0 aliphatic rings. The van der Waals surface area contributed by atoms with Crippen LogP contribution in [0.2, 0.25) is 5.02 Å². The molecule has 106 valence electrons. The van der Waals surface area contributed by atoms with Gasteiger partial charge in [-0.25, -0.2) is 19.2 Å². The van der Waals surface area contributed by atoms with Crippen molar-refractivity contribution in [3.05, 3.63) is 22.8 Å². The highest BCUT2D eigenvalue weighted by atomic mass is 35.5. The Hall–Kier alpha value is -1.38. The maximum atomic E-state index is 11.8. The number of nitrogens with two attached hydrogens (primary N) is 1. The molecule has 19 heavy (non-hydrogen) atoms. The number of sulfone groups is 1. The zero-order chi connectivity index (χ0) is 14.5. The van der Waals surface area contributed by atoms with Crippen LogP contribution < -0.4 is 16.6 Å². The monoisotopic (exact) mass is 306 g/mol. The fraction of sp³-hybridized carbons (Fsp3) is 0.400. The van der Waals surface area contributed by atoms with Crippen LogP contribution in [0.4, 0.5) is 5.82 Å². The van der Waals surface area contributed by atoms with E-state index in [4.69, 9.17) is 17.4 Å². The molecule has 0 saturated carbocycles. The number of amides is 1. The predicted molar refractivity (Wildman–Crippen MR) is 73.7 cm³/mol. The van der Waals surface area contributed by atoms with E-state index < -0.39 is 15.7 Å². The summed E-state index contributed by atoms with van der Waals surface area (Å²) in [4.78, 5) is 15.7. The normalized spacial score (nSPS) is 11.1. The van der Waals surface area contributed by atoms with Gasteiger partial charge in [0.2, 0.25) is 0 Å². The van der Waals surface area contributed by atoms with E-state index in [0.29, 0.717) is 12.2 Å². The number of hydrogen-bond donors (Lipinski definition) is 3. The number of halogens is 1. The van der Waals surface area contributed by atoms with Crippen LogP contribution in [-0.4, -0.2) is 37.9 Å². The fourth-order valence-corrected chi connectivity index (χ4v) is 2.16. The lowest BCUT2D eigenvalue weighted by atomic mass is 10.3. The average molecular weight is 307 g/mol. The molecule has 7 nitrogen and oxygen atoms in total. The molecule has 0 unspecified atom stereocenters. The summed E-state index contributed by atoms with van der Waals surface area (Å²) >= 11 is 5.85. The van der Waals surface area contributed by atoms with Crippen LogP contribution in [0.3, 0.4) is 0 Å². The van der Waals surface area contributed by atoms with Crippen molar-refractivity contribution in [3.63, 3.8) is 0 Å². The van der Waals surface area contributed by atoms with Gasteiger partial charge in [0.15, 0.2) is 0 Å². The lowest BCUT2D eigenvalue weighted by Gasteiger charge is -2.07. The van der Waals surface area contributed by atoms with Crippen LogP contribution in [0.5, 0.6) is 0 Å². The molecule has 0 aromatic carbocycles. The van der Waals surface area contributed by atoms with Gasteiger partial charge in [-0.05, 0) is 18.6 Å². The van der Waals surface area contributed by atoms with Crippen LogP contribution in [0, 0.1) is 0 Å². The highest BCUT2D eigenvalue weighted by molar-refractivity contribution is 7.90. The Morgan fingerprint density at radius 2 is 2.16 bits per heavy atom. The highest BCUT2D eigenvalue weighted by Crippen LogP contribution is 2.15. The number of nitrogens with one attached hydrogen (secondary N) is 2. The number of anilines is 1. The Morgan fingerprint density at radius 1 is 1.47 bits per heavy atom. The van der Waals surface area contributed by atoms with Gasteiger partial charge >= 0.3 is 0 Å². The molecule has 0 radical (unpaired) electrons. The predicted octanol–water partition coefficient (Wildman–Crippen LogP) is 0.185. The number of hydrogen-bond acceptors (Lipinski definition) is 6. The molecule has 1 aromatic rings. The molecule has 0 saturated heterocycles. The number of carbonyl (C=O) groups excluding carboxylic acids is 1. The van der Waals surface area contributed by atoms with E-state index >= 15 is 0 Å². The van der Waals surface area contributed by atoms with Gasteiger partial charge in [0.05, 0.1) is 10.8 Å². The topological polar surface area (TPSA) is 114 Å². The average Bonchev–Trinajstić information content (AvgIpc) is 2.34. The zero-order valence-electron chi connectivity index (χ0n) is 10.3. The summed E-state index contributed by atoms with van der Waals surface area (Å²) < 4.78 is 21.8. The van der Waals surface area contributed by atoms with Crippen LogP contribution >= 0.6 is 11.6 Å². The van der Waals surface area contributed by atoms with Crippen molar-refractivity contribution >= 4 is 33.2 Å². The summed E-state index contributed by atoms with van der Waals surface area (Å²) in [7, 11) is -3.03. The highest BCUT2D eigenvalue weighted by Gasteiger charge is 2.13. The SMILES string of the molecule is CS(=O)(=O)CCCNC(=O)c1nc(NN)ccc1Cl. The molecular formula is C10H15ClN4O3S. The fourth-order valence-electron chi connectivity index (χ4n) is 1.30. The minimum absolute atomic E-state index is 0.0127. The van der Waals surface area contributed by atoms with Crippen molar-refractivity contribution < 1.29 is 13.2 Å². The maximum Gasteiger partial charge on any atom is 0.271 e. The first-order valence-electron chi connectivity index (χ1n) is 5.42. The largest absolute Gasteiger partial charge is 0.351 e. The summed E-state index contributed by atoms with van der Waals surface area (Å²) in [6.45, 7) is 0.226. The van der Waals surface area contributed by atoms with E-state index in [-0.39, 0.29) is 23.0 Å². The van der Waals surface area contributed by atoms with Gasteiger partial charge in [-0.1, -0.05) is 11.6 Å². The molecule has 4 N–H and O–H groups in total. The summed E-state index contributed by atoms with van der Waals surface area (Å²) in [5.74, 6) is 5.03. The molecule has 0 aliphatic heterocycles. The first-order valence-corrected chi connectivity index (χ1v) is 7.86. The van der Waals surface area contributed by atoms with E-state index in [2.05, 4.69) is 15.7 Å². The Labute approximate surface area is 116 Å². The van der Waals surface area contributed by atoms with Gasteiger partial charge in [0, 0.05) is 12.8 Å². The van der Waals surface area contributed by atoms with Crippen LogP contribution in [0.1, 0.15) is 16.9 Å². The molecule has 0 spiro atoms. The minimum Gasteiger partial charge on any atom is -0.351 e. The van der Waals surface area contributed by atoms with Crippen molar-refractivity contribution in [1.82, 2.24) is 10.3 Å². The van der Waals surface area contributed by atoms with Crippen molar-refractivity contribution in [2.75, 3.05) is 24.0 Å². The third kappa shape index (κ3) is 5.41. The van der Waals surface area contributed by atoms with E-state index in [9.17, 15) is 13.2 Å². The quantitative estimate of drug-likeness (QED) is 0.392. The van der Waals surface area contributed by atoms with Gasteiger partial charge in [0.25, 0.3) is 5.91 Å². The number of carbonyl (C=O) groups is 1. The number of pyridine rings is 1. The second kappa shape index (κ2) is 6.69. The molecule has 1 heterocycles. The van der Waals surface area contributed by atoms with Crippen molar-refractivity contribution in [1.29, 1.82) is 0 Å². The molecular weight excluding hydrogens is 292 g/mol. The first-order chi connectivity index (χ1) is 8.83. The van der Waals surface area contributed by atoms with E-state index in [0.717, 1.165) is 6.26 Å². The van der Waals surface area contributed by atoms with Gasteiger partial charge in [-0.2, -0.15) is 0 Å². The van der Waals surface area contributed by atoms with Crippen LogP contribution in [0.25, 0.3) is 0 Å². The molecule has 0 bridgehead atoms.